The summed E-state index contributed by atoms with van der Waals surface area (Å²) in [5, 5.41) is 0. The predicted molar refractivity (Wildman–Crippen MR) is 45.8 cm³/mol. The fourth-order valence-electron chi connectivity index (χ4n) is 0.632. The summed E-state index contributed by atoms with van der Waals surface area (Å²) in [4.78, 5) is 0. The highest BCUT2D eigenvalue weighted by molar-refractivity contribution is 7.89. The lowest BCUT2D eigenvalue weighted by Crippen LogP contribution is -2.30. The number of unbranched alkanes of at least 4 members (excludes halogenated alkanes) is 1. The molecule has 0 unspecified atom stereocenters. The smallest absolute Gasteiger partial charge is 0.212 e. The number of nitrogens with two attached hydrogens (primary N) is 1. The maximum atomic E-state index is 10.9. The van der Waals surface area contributed by atoms with Gasteiger partial charge in [-0.3, -0.25) is 0 Å². The van der Waals surface area contributed by atoms with Crippen LogP contribution in [0.4, 0.5) is 0 Å². The van der Waals surface area contributed by atoms with Crippen LogP contribution in [-0.2, 0) is 10.0 Å². The van der Waals surface area contributed by atoms with Gasteiger partial charge in [0.1, 0.15) is 0 Å². The van der Waals surface area contributed by atoms with E-state index in [9.17, 15) is 8.42 Å². The van der Waals surface area contributed by atoms with Crippen molar-refractivity contribution in [3.8, 4) is 0 Å². The number of sulfonamides is 1. The van der Waals surface area contributed by atoms with Gasteiger partial charge in [0.15, 0.2) is 0 Å². The molecule has 3 N–H and O–H groups in total. The average molecular weight is 180 g/mol. The first-order valence-corrected chi connectivity index (χ1v) is 5.45. The minimum absolute atomic E-state index is 0.0245. The zero-order chi connectivity index (χ0) is 8.74. The third kappa shape index (κ3) is 6.28. The molecule has 0 spiro atoms. The molecule has 0 heterocycles. The fraction of sp³-hybridized carbons (Fsp3) is 1.00. The van der Waals surface area contributed by atoms with Gasteiger partial charge in [-0.2, -0.15) is 0 Å². The van der Waals surface area contributed by atoms with Crippen LogP contribution in [0, 0.1) is 0 Å². The molecule has 0 atom stereocenters. The van der Waals surface area contributed by atoms with E-state index in [1.165, 1.54) is 0 Å². The summed E-state index contributed by atoms with van der Waals surface area (Å²) in [7, 11) is -3.08. The van der Waals surface area contributed by atoms with Crippen LogP contribution in [0.3, 0.4) is 0 Å². The van der Waals surface area contributed by atoms with Crippen molar-refractivity contribution in [2.75, 3.05) is 18.8 Å². The van der Waals surface area contributed by atoms with Crippen molar-refractivity contribution in [1.29, 1.82) is 0 Å². The molecule has 0 bridgehead atoms. The van der Waals surface area contributed by atoms with E-state index in [1.54, 1.807) is 0 Å². The molecule has 0 rings (SSSR count). The summed E-state index contributed by atoms with van der Waals surface area (Å²) in [5.41, 5.74) is 5.10. The van der Waals surface area contributed by atoms with Gasteiger partial charge in [0, 0.05) is 13.1 Å². The molecule has 0 aromatic heterocycles. The summed E-state index contributed by atoms with van der Waals surface area (Å²) in [6, 6.07) is 0. The van der Waals surface area contributed by atoms with E-state index in [4.69, 9.17) is 5.73 Å². The first kappa shape index (κ1) is 10.9. The van der Waals surface area contributed by atoms with Crippen LogP contribution >= 0.6 is 0 Å². The Morgan fingerprint density at radius 1 is 1.45 bits per heavy atom. The summed E-state index contributed by atoms with van der Waals surface area (Å²) in [6.45, 7) is 2.72. The van der Waals surface area contributed by atoms with Crippen LogP contribution in [0.1, 0.15) is 19.8 Å². The monoisotopic (exact) mass is 180 g/mol. The minimum atomic E-state index is -3.08. The van der Waals surface area contributed by atoms with E-state index in [2.05, 4.69) is 4.72 Å². The topological polar surface area (TPSA) is 72.2 Å². The molecule has 0 aliphatic rings. The second kappa shape index (κ2) is 5.51. The Balaban J connectivity index is 3.56. The Morgan fingerprint density at radius 2 is 2.09 bits per heavy atom. The molecule has 0 aromatic rings. The van der Waals surface area contributed by atoms with E-state index in [-0.39, 0.29) is 12.3 Å². The SMILES string of the molecule is CCCCNS(=O)(=O)CCN. The Hall–Kier alpha value is -0.130. The maximum Gasteiger partial charge on any atom is 0.212 e. The van der Waals surface area contributed by atoms with Crippen LogP contribution < -0.4 is 10.5 Å². The van der Waals surface area contributed by atoms with Crippen molar-refractivity contribution in [1.82, 2.24) is 4.72 Å². The third-order valence-corrected chi connectivity index (χ3v) is 2.66. The molecule has 0 aliphatic heterocycles. The van der Waals surface area contributed by atoms with E-state index in [0.717, 1.165) is 12.8 Å². The van der Waals surface area contributed by atoms with E-state index in [1.807, 2.05) is 6.92 Å². The number of hydrogen-bond donors (Lipinski definition) is 2. The van der Waals surface area contributed by atoms with Gasteiger partial charge in [-0.05, 0) is 6.42 Å². The molecule has 0 aromatic carbocycles. The highest BCUT2D eigenvalue weighted by atomic mass is 32.2. The molecule has 0 amide bonds. The molecule has 0 saturated heterocycles. The van der Waals surface area contributed by atoms with Gasteiger partial charge >= 0.3 is 0 Å². The molecule has 5 heteroatoms. The molecular formula is C6H16N2O2S. The van der Waals surface area contributed by atoms with Crippen molar-refractivity contribution in [3.63, 3.8) is 0 Å². The Labute approximate surface area is 68.2 Å². The number of hydrogen-bond acceptors (Lipinski definition) is 3. The summed E-state index contributed by atoms with van der Waals surface area (Å²) in [6.07, 6.45) is 1.87. The molecule has 0 fully saturated rings. The van der Waals surface area contributed by atoms with E-state index in [0.29, 0.717) is 6.54 Å². The zero-order valence-electron chi connectivity index (χ0n) is 6.84. The van der Waals surface area contributed by atoms with Crippen molar-refractivity contribution in [3.05, 3.63) is 0 Å². The van der Waals surface area contributed by atoms with Gasteiger partial charge in [0.05, 0.1) is 5.75 Å². The third-order valence-electron chi connectivity index (χ3n) is 1.24. The highest BCUT2D eigenvalue weighted by Gasteiger charge is 2.05. The molecule has 0 saturated carbocycles. The van der Waals surface area contributed by atoms with Crippen LogP contribution in [0.25, 0.3) is 0 Å². The van der Waals surface area contributed by atoms with Crippen LogP contribution in [0.2, 0.25) is 0 Å². The fourth-order valence-corrected chi connectivity index (χ4v) is 1.54. The maximum absolute atomic E-state index is 10.9. The summed E-state index contributed by atoms with van der Waals surface area (Å²) < 4.78 is 24.3. The predicted octanol–water partition coefficient (Wildman–Crippen LogP) is -0.335. The molecule has 68 valence electrons. The lowest BCUT2D eigenvalue weighted by molar-refractivity contribution is 0.578. The van der Waals surface area contributed by atoms with Gasteiger partial charge in [-0.1, -0.05) is 13.3 Å². The van der Waals surface area contributed by atoms with Gasteiger partial charge in [-0.15, -0.1) is 0 Å². The Morgan fingerprint density at radius 3 is 2.55 bits per heavy atom. The number of rotatable bonds is 6. The van der Waals surface area contributed by atoms with Crippen LogP contribution in [0.5, 0.6) is 0 Å². The lowest BCUT2D eigenvalue weighted by atomic mass is 10.3. The lowest BCUT2D eigenvalue weighted by Gasteiger charge is -2.02. The van der Waals surface area contributed by atoms with Gasteiger partial charge in [-0.25, -0.2) is 13.1 Å². The number of nitrogens with one attached hydrogen (secondary N) is 1. The Bertz CT molecular complexity index is 177. The Kier molecular flexibility index (Phi) is 5.45. The zero-order valence-corrected chi connectivity index (χ0v) is 7.65. The van der Waals surface area contributed by atoms with Crippen molar-refractivity contribution < 1.29 is 8.42 Å². The first-order valence-electron chi connectivity index (χ1n) is 3.80. The van der Waals surface area contributed by atoms with Gasteiger partial charge in [0.25, 0.3) is 0 Å². The van der Waals surface area contributed by atoms with Gasteiger partial charge < -0.3 is 5.73 Å². The van der Waals surface area contributed by atoms with Crippen LogP contribution in [0.15, 0.2) is 0 Å². The molecule has 4 nitrogen and oxygen atoms in total. The van der Waals surface area contributed by atoms with Crippen LogP contribution in [-0.4, -0.2) is 27.3 Å². The summed E-state index contributed by atoms with van der Waals surface area (Å²) >= 11 is 0. The van der Waals surface area contributed by atoms with Crippen molar-refractivity contribution in [2.45, 2.75) is 19.8 Å². The van der Waals surface area contributed by atoms with Gasteiger partial charge in [0.2, 0.25) is 10.0 Å². The first-order chi connectivity index (χ1) is 5.12. The molecule has 11 heavy (non-hydrogen) atoms. The highest BCUT2D eigenvalue weighted by Crippen LogP contribution is 1.86. The van der Waals surface area contributed by atoms with Crippen molar-refractivity contribution >= 4 is 10.0 Å². The molecule has 0 radical (unpaired) electrons. The summed E-state index contributed by atoms with van der Waals surface area (Å²) in [5.74, 6) is 0.0245. The van der Waals surface area contributed by atoms with Crippen molar-refractivity contribution in [2.24, 2.45) is 5.73 Å². The quantitative estimate of drug-likeness (QED) is 0.549. The molecular weight excluding hydrogens is 164 g/mol. The largest absolute Gasteiger partial charge is 0.329 e. The second-order valence-electron chi connectivity index (χ2n) is 2.36. The minimum Gasteiger partial charge on any atom is -0.329 e. The average Bonchev–Trinajstić information content (AvgIpc) is 1.87. The normalized spacial score (nSPS) is 11.8. The molecule has 0 aliphatic carbocycles. The van der Waals surface area contributed by atoms with E-state index < -0.39 is 10.0 Å². The standard InChI is InChI=1S/C6H16N2O2S/c1-2-3-5-8-11(9,10)6-4-7/h8H,2-7H2,1H3. The second-order valence-corrected chi connectivity index (χ2v) is 4.28. The van der Waals surface area contributed by atoms with E-state index >= 15 is 0 Å².